The van der Waals surface area contributed by atoms with Gasteiger partial charge < -0.3 is 10.2 Å². The summed E-state index contributed by atoms with van der Waals surface area (Å²) in [5.74, 6) is 4.04. The van der Waals surface area contributed by atoms with Crippen LogP contribution in [-0.2, 0) is 0 Å². The van der Waals surface area contributed by atoms with Crippen LogP contribution in [0.25, 0.3) is 0 Å². The fraction of sp³-hybridized carbons (Fsp3) is 0.786. The third-order valence-corrected chi connectivity index (χ3v) is 9.41. The molecule has 30 heavy (non-hydrogen) atoms. The molecule has 2 heteroatoms. The highest BCUT2D eigenvalue weighted by molar-refractivity contribution is 5.27. The van der Waals surface area contributed by atoms with Crippen LogP contribution in [0.15, 0.2) is 35.5 Å². The number of hydrogen-bond donors (Lipinski definition) is 2. The van der Waals surface area contributed by atoms with Crippen molar-refractivity contribution in [2.24, 2.45) is 40.9 Å². The van der Waals surface area contributed by atoms with E-state index in [0.29, 0.717) is 30.1 Å². The zero-order chi connectivity index (χ0) is 21.5. The standard InChI is InChI=1S/C28H44O2/c1-18(21-9-10-21)7-8-19(2)25-13-14-26-22(6-5-15-28(25,26)4)11-12-23-16-24(29)17-27(30)20(23)3/h7-8,11-12,18-21,24-27,29-30H,5-6,9-10,13-17H2,1-4H3/b8-7+,22-11+,23-12-/t18-,19+,20?,24+,25+,26-,27-,28+/m0/s1. The number of allylic oxidation sites excluding steroid dienone is 5. The number of rotatable bonds is 5. The van der Waals surface area contributed by atoms with Gasteiger partial charge in [0.05, 0.1) is 12.2 Å². The molecule has 168 valence electrons. The van der Waals surface area contributed by atoms with Crippen molar-refractivity contribution < 1.29 is 10.2 Å². The average Bonchev–Trinajstić information content (AvgIpc) is 3.49. The summed E-state index contributed by atoms with van der Waals surface area (Å²) in [4.78, 5) is 0. The molecule has 4 aliphatic carbocycles. The molecule has 8 atom stereocenters. The number of aliphatic hydroxyl groups excluding tert-OH is 2. The second-order valence-corrected chi connectivity index (χ2v) is 11.5. The molecule has 0 aromatic rings. The Balaban J connectivity index is 1.48. The highest BCUT2D eigenvalue weighted by Crippen LogP contribution is 2.59. The predicted octanol–water partition coefficient (Wildman–Crippen LogP) is 6.45. The summed E-state index contributed by atoms with van der Waals surface area (Å²) in [5, 5.41) is 20.3. The Hall–Kier alpha value is -0.860. The van der Waals surface area contributed by atoms with Gasteiger partial charge in [-0.3, -0.25) is 0 Å². The minimum atomic E-state index is -0.406. The fourth-order valence-corrected chi connectivity index (χ4v) is 7.11. The van der Waals surface area contributed by atoms with Gasteiger partial charge in [0.1, 0.15) is 0 Å². The van der Waals surface area contributed by atoms with Crippen molar-refractivity contribution in [3.63, 3.8) is 0 Å². The van der Waals surface area contributed by atoms with Crippen molar-refractivity contribution in [1.29, 1.82) is 0 Å². The van der Waals surface area contributed by atoms with E-state index >= 15 is 0 Å². The average molecular weight is 413 g/mol. The maximum Gasteiger partial charge on any atom is 0.0627 e. The predicted molar refractivity (Wildman–Crippen MR) is 125 cm³/mol. The van der Waals surface area contributed by atoms with Gasteiger partial charge in [0.15, 0.2) is 0 Å². The lowest BCUT2D eigenvalue weighted by atomic mass is 9.61. The Morgan fingerprint density at radius 1 is 0.967 bits per heavy atom. The lowest BCUT2D eigenvalue weighted by molar-refractivity contribution is 0.0333. The van der Waals surface area contributed by atoms with Crippen molar-refractivity contribution >= 4 is 0 Å². The minimum absolute atomic E-state index is 0.162. The van der Waals surface area contributed by atoms with Gasteiger partial charge in [-0.2, -0.15) is 0 Å². The first-order valence-corrected chi connectivity index (χ1v) is 12.7. The van der Waals surface area contributed by atoms with Gasteiger partial charge >= 0.3 is 0 Å². The molecule has 4 aliphatic rings. The van der Waals surface area contributed by atoms with E-state index in [1.807, 2.05) is 0 Å². The third kappa shape index (κ3) is 4.51. The van der Waals surface area contributed by atoms with Crippen LogP contribution in [0.3, 0.4) is 0 Å². The maximum atomic E-state index is 10.2. The Morgan fingerprint density at radius 3 is 2.40 bits per heavy atom. The molecule has 0 bridgehead atoms. The second-order valence-electron chi connectivity index (χ2n) is 11.5. The summed E-state index contributed by atoms with van der Waals surface area (Å²) >= 11 is 0. The molecule has 4 saturated carbocycles. The summed E-state index contributed by atoms with van der Waals surface area (Å²) in [6.45, 7) is 9.53. The SMILES string of the molecule is CC1/C(=C\C=C2/CCC[C@]3(C)[C@@H]([C@H](C)/C=C/[C@H](C)C4CC4)CC[C@@H]23)C[C@@H](O)C[C@@H]1O. The van der Waals surface area contributed by atoms with E-state index < -0.39 is 6.10 Å². The highest BCUT2D eigenvalue weighted by Gasteiger charge is 2.50. The molecule has 1 unspecified atom stereocenters. The first kappa shape index (κ1) is 22.3. The summed E-state index contributed by atoms with van der Waals surface area (Å²) in [6, 6.07) is 0. The molecular weight excluding hydrogens is 368 g/mol. The van der Waals surface area contributed by atoms with Gasteiger partial charge in [-0.05, 0) is 86.4 Å². The number of hydrogen-bond acceptors (Lipinski definition) is 2. The third-order valence-electron chi connectivity index (χ3n) is 9.41. The minimum Gasteiger partial charge on any atom is -0.393 e. The maximum absolute atomic E-state index is 10.2. The van der Waals surface area contributed by atoms with Crippen molar-refractivity contribution in [3.8, 4) is 0 Å². The molecule has 0 aromatic heterocycles. The number of fused-ring (bicyclic) bond motifs is 1. The molecule has 0 spiro atoms. The smallest absolute Gasteiger partial charge is 0.0627 e. The van der Waals surface area contributed by atoms with E-state index in [0.717, 1.165) is 17.8 Å². The van der Waals surface area contributed by atoms with Crippen LogP contribution in [-0.4, -0.2) is 22.4 Å². The summed E-state index contributed by atoms with van der Waals surface area (Å²) in [6.07, 6.45) is 19.6. The van der Waals surface area contributed by atoms with E-state index in [4.69, 9.17) is 0 Å². The molecule has 0 radical (unpaired) electrons. The lowest BCUT2D eigenvalue weighted by Gasteiger charge is -2.44. The van der Waals surface area contributed by atoms with Crippen LogP contribution in [0, 0.1) is 40.9 Å². The lowest BCUT2D eigenvalue weighted by Crippen LogP contribution is -2.35. The van der Waals surface area contributed by atoms with Crippen LogP contribution in [0.4, 0.5) is 0 Å². The van der Waals surface area contributed by atoms with Crippen LogP contribution in [0.2, 0.25) is 0 Å². The van der Waals surface area contributed by atoms with Gasteiger partial charge in [-0.1, -0.05) is 63.1 Å². The Kier molecular flexibility index (Phi) is 6.66. The zero-order valence-electron chi connectivity index (χ0n) is 19.7. The summed E-state index contributed by atoms with van der Waals surface area (Å²) in [7, 11) is 0. The van der Waals surface area contributed by atoms with E-state index in [2.05, 4.69) is 52.0 Å². The second kappa shape index (κ2) is 8.94. The highest BCUT2D eigenvalue weighted by atomic mass is 16.3. The molecule has 0 amide bonds. The fourth-order valence-electron chi connectivity index (χ4n) is 7.11. The first-order chi connectivity index (χ1) is 14.3. The zero-order valence-corrected chi connectivity index (χ0v) is 19.7. The molecule has 0 aliphatic heterocycles. The largest absolute Gasteiger partial charge is 0.393 e. The van der Waals surface area contributed by atoms with Gasteiger partial charge in [-0.15, -0.1) is 0 Å². The Labute approximate surface area is 184 Å². The first-order valence-electron chi connectivity index (χ1n) is 12.7. The van der Waals surface area contributed by atoms with Gasteiger partial charge in [0, 0.05) is 12.3 Å². The van der Waals surface area contributed by atoms with Gasteiger partial charge in [-0.25, -0.2) is 0 Å². The Morgan fingerprint density at radius 2 is 1.67 bits per heavy atom. The molecule has 2 nitrogen and oxygen atoms in total. The normalized spacial score (nSPS) is 44.5. The van der Waals surface area contributed by atoms with Gasteiger partial charge in [0.25, 0.3) is 0 Å². The van der Waals surface area contributed by atoms with Crippen LogP contribution < -0.4 is 0 Å². The topological polar surface area (TPSA) is 40.5 Å². The van der Waals surface area contributed by atoms with Crippen molar-refractivity contribution in [2.45, 2.75) is 97.7 Å². The van der Waals surface area contributed by atoms with Crippen LogP contribution in [0.5, 0.6) is 0 Å². The monoisotopic (exact) mass is 412 g/mol. The van der Waals surface area contributed by atoms with Crippen molar-refractivity contribution in [3.05, 3.63) is 35.5 Å². The number of aliphatic hydroxyl groups is 2. The summed E-state index contributed by atoms with van der Waals surface area (Å²) < 4.78 is 0. The van der Waals surface area contributed by atoms with E-state index in [9.17, 15) is 10.2 Å². The van der Waals surface area contributed by atoms with Crippen LogP contribution >= 0.6 is 0 Å². The Bertz CT molecular complexity index is 699. The molecular formula is C28H44O2. The molecule has 4 fully saturated rings. The molecule has 0 aromatic carbocycles. The van der Waals surface area contributed by atoms with Crippen molar-refractivity contribution in [2.75, 3.05) is 0 Å². The molecule has 2 N–H and O–H groups in total. The van der Waals surface area contributed by atoms with E-state index in [1.165, 1.54) is 50.5 Å². The molecule has 4 rings (SSSR count). The van der Waals surface area contributed by atoms with Crippen molar-refractivity contribution in [1.82, 2.24) is 0 Å². The van der Waals surface area contributed by atoms with E-state index in [1.54, 1.807) is 5.57 Å². The molecule has 0 heterocycles. The molecule has 0 saturated heterocycles. The quantitative estimate of drug-likeness (QED) is 0.510. The van der Waals surface area contributed by atoms with E-state index in [-0.39, 0.29) is 12.0 Å². The van der Waals surface area contributed by atoms with Crippen LogP contribution in [0.1, 0.15) is 85.5 Å². The van der Waals surface area contributed by atoms with Gasteiger partial charge in [0.2, 0.25) is 0 Å². The summed E-state index contributed by atoms with van der Waals surface area (Å²) in [5.41, 5.74) is 3.27.